The second-order valence-corrected chi connectivity index (χ2v) is 2.32. The first kappa shape index (κ1) is 16.3. The summed E-state index contributed by atoms with van der Waals surface area (Å²) in [4.78, 5) is 0. The monoisotopic (exact) mass is 266 g/mol. The summed E-state index contributed by atoms with van der Waals surface area (Å²) in [6, 6.07) is 0. The molecule has 3 nitrogen and oxygen atoms in total. The Bertz CT molecular complexity index is 373. The zero-order valence-electron chi connectivity index (χ0n) is 7.73. The van der Waals surface area contributed by atoms with Gasteiger partial charge in [-0.1, -0.05) is 0 Å². The van der Waals surface area contributed by atoms with Crippen LogP contribution in [-0.4, -0.2) is 12.3 Å². The Kier molecular flexibility index (Phi) is 6.40. The molecule has 0 aliphatic heterocycles. The van der Waals surface area contributed by atoms with Gasteiger partial charge in [-0.2, -0.15) is 8.78 Å². The molecule has 10 heteroatoms. The molecule has 16 heavy (non-hydrogen) atoms. The van der Waals surface area contributed by atoms with E-state index in [1.807, 2.05) is 0 Å². The maximum Gasteiger partial charge on any atom is 1.00 e. The van der Waals surface area contributed by atoms with E-state index in [4.69, 9.17) is 5.02 Å². The molecule has 0 bridgehead atoms. The van der Waals surface area contributed by atoms with Crippen molar-refractivity contribution in [2.45, 2.75) is 0 Å². The van der Waals surface area contributed by atoms with Gasteiger partial charge in [-0.15, -0.1) is 0 Å². The van der Waals surface area contributed by atoms with E-state index in [9.17, 15) is 27.0 Å². The molecular weight excluding hydrogens is 265 g/mol. The minimum atomic E-state index is -2.95. The van der Waals surface area contributed by atoms with Crippen molar-refractivity contribution in [3.8, 4) is 5.75 Å². The number of halogens is 5. The summed E-state index contributed by atoms with van der Waals surface area (Å²) in [5.41, 5.74) is 0. The van der Waals surface area contributed by atoms with Crippen LogP contribution < -0.4 is 61.1 Å². The van der Waals surface area contributed by atoms with Crippen LogP contribution in [0, 0.1) is 29.1 Å². The van der Waals surface area contributed by atoms with Crippen LogP contribution in [0.15, 0.2) is 0 Å². The molecule has 0 aliphatic carbocycles. The third-order valence-corrected chi connectivity index (χ3v) is 1.39. The summed E-state index contributed by atoms with van der Waals surface area (Å²) >= 11 is 0. The van der Waals surface area contributed by atoms with Gasteiger partial charge < -0.3 is 14.7 Å². The first-order valence-electron chi connectivity index (χ1n) is 3.38. The van der Waals surface area contributed by atoms with Crippen LogP contribution in [0.1, 0.15) is 0 Å². The molecule has 1 aromatic carbocycles. The van der Waals surface area contributed by atoms with Gasteiger partial charge in [-0.05, 0) is 0 Å². The van der Waals surface area contributed by atoms with Crippen LogP contribution in [0.2, 0.25) is 0 Å². The van der Waals surface area contributed by atoms with Crippen molar-refractivity contribution >= 4 is 7.32 Å². The van der Waals surface area contributed by atoms with Gasteiger partial charge >= 0.3 is 58.7 Å². The zero-order chi connectivity index (χ0) is 11.7. The Morgan fingerprint density at radius 1 is 0.875 bits per heavy atom. The zero-order valence-corrected chi connectivity index (χ0v) is 10.9. The van der Waals surface area contributed by atoms with Gasteiger partial charge in [0.1, 0.15) is 0 Å². The summed E-state index contributed by atoms with van der Waals surface area (Å²) in [5, 5.41) is 18.0. The molecule has 0 unspecified atom stereocenters. The quantitative estimate of drug-likeness (QED) is 0.270. The van der Waals surface area contributed by atoms with E-state index in [-0.39, 0.29) is 51.4 Å². The molecule has 0 saturated heterocycles. The van der Waals surface area contributed by atoms with Gasteiger partial charge in [0.05, 0.1) is 0 Å². The molecule has 1 rings (SSSR count). The van der Waals surface area contributed by atoms with Crippen LogP contribution >= 0.6 is 0 Å². The average Bonchev–Trinajstić information content (AvgIpc) is 2.18. The Balaban J connectivity index is 0.00000225. The van der Waals surface area contributed by atoms with Crippen molar-refractivity contribution < 1.29 is 88.0 Å². The van der Waals surface area contributed by atoms with E-state index in [0.717, 1.165) is 0 Å². The minimum Gasteiger partial charge on any atom is -0.820 e. The molecule has 1 N–H and O–H groups in total. The molecule has 0 heterocycles. The third kappa shape index (κ3) is 3.15. The average molecular weight is 266 g/mol. The van der Waals surface area contributed by atoms with Crippen LogP contribution in [-0.2, 0) is 0 Å². The summed E-state index contributed by atoms with van der Waals surface area (Å²) in [5.74, 6) is -13.3. The van der Waals surface area contributed by atoms with Crippen LogP contribution in [0.4, 0.5) is 22.0 Å². The fraction of sp³-hybridized carbons (Fsp3) is 0. The molecule has 0 saturated carbocycles. The molecular formula is C6HBF5KO3. The fourth-order valence-corrected chi connectivity index (χ4v) is 0.789. The molecule has 0 fully saturated rings. The fourth-order valence-electron chi connectivity index (χ4n) is 0.789. The van der Waals surface area contributed by atoms with Gasteiger partial charge in [-0.3, -0.25) is 0 Å². The van der Waals surface area contributed by atoms with E-state index >= 15 is 0 Å². The maximum atomic E-state index is 12.7. The molecule has 0 spiro atoms. The second kappa shape index (κ2) is 6.29. The molecule has 82 valence electrons. The van der Waals surface area contributed by atoms with Crippen LogP contribution in [0.25, 0.3) is 0 Å². The van der Waals surface area contributed by atoms with Crippen molar-refractivity contribution in [3.63, 3.8) is 0 Å². The van der Waals surface area contributed by atoms with Crippen molar-refractivity contribution in [2.24, 2.45) is 0 Å². The maximum absolute atomic E-state index is 12.7. The van der Waals surface area contributed by atoms with Crippen LogP contribution in [0.5, 0.6) is 5.75 Å². The number of rotatable bonds is 2. The van der Waals surface area contributed by atoms with E-state index in [2.05, 4.69) is 4.65 Å². The molecule has 0 amide bonds. The normalized spacial score (nSPS) is 9.69. The van der Waals surface area contributed by atoms with Gasteiger partial charge in [-0.25, -0.2) is 13.2 Å². The van der Waals surface area contributed by atoms with E-state index in [1.165, 1.54) is 0 Å². The Labute approximate surface area is 129 Å². The van der Waals surface area contributed by atoms with Crippen molar-refractivity contribution in [3.05, 3.63) is 29.1 Å². The Morgan fingerprint density at radius 3 is 1.50 bits per heavy atom. The second-order valence-electron chi connectivity index (χ2n) is 2.32. The Morgan fingerprint density at radius 2 is 1.19 bits per heavy atom. The first-order valence-corrected chi connectivity index (χ1v) is 3.38. The third-order valence-electron chi connectivity index (χ3n) is 1.39. The predicted octanol–water partition coefficient (Wildman–Crippen LogP) is -2.90. The molecule has 0 aliphatic rings. The van der Waals surface area contributed by atoms with Crippen LogP contribution in [0.3, 0.4) is 0 Å². The standard InChI is InChI=1S/C6HBF5O3.K/c8-1-2(9)4(11)6(15-7(13)14)5(12)3(1)10;/h13H;/q-1;+1. The summed E-state index contributed by atoms with van der Waals surface area (Å²) < 4.78 is 66.1. The van der Waals surface area contributed by atoms with Gasteiger partial charge in [0.25, 0.3) is 0 Å². The van der Waals surface area contributed by atoms with Gasteiger partial charge in [0, 0.05) is 0 Å². The van der Waals surface area contributed by atoms with Crippen molar-refractivity contribution in [1.82, 2.24) is 0 Å². The van der Waals surface area contributed by atoms with Gasteiger partial charge in [0.2, 0.25) is 29.1 Å². The number of hydrogen-bond donors (Lipinski definition) is 1. The van der Waals surface area contributed by atoms with Crippen molar-refractivity contribution in [1.29, 1.82) is 0 Å². The molecule has 0 radical (unpaired) electrons. The first-order chi connectivity index (χ1) is 6.86. The summed E-state index contributed by atoms with van der Waals surface area (Å²) in [6.45, 7) is 0. The summed E-state index contributed by atoms with van der Waals surface area (Å²) in [6.07, 6.45) is 0. The molecule has 1 aromatic rings. The minimum absolute atomic E-state index is 0. The number of benzene rings is 1. The van der Waals surface area contributed by atoms with E-state index in [0.29, 0.717) is 0 Å². The molecule has 0 aromatic heterocycles. The largest absolute Gasteiger partial charge is 1.00 e. The Hall–Kier alpha value is 0.291. The van der Waals surface area contributed by atoms with E-state index < -0.39 is 42.2 Å². The SMILES string of the molecule is [K+].[O-]B(O)Oc1c(F)c(F)c(F)c(F)c1F. The predicted molar refractivity (Wildman–Crippen MR) is 34.8 cm³/mol. The summed E-state index contributed by atoms with van der Waals surface area (Å²) in [7, 11) is -2.95. The topological polar surface area (TPSA) is 52.5 Å². The number of hydrogen-bond acceptors (Lipinski definition) is 3. The molecule has 0 atom stereocenters. The van der Waals surface area contributed by atoms with Crippen molar-refractivity contribution in [2.75, 3.05) is 0 Å². The smallest absolute Gasteiger partial charge is 0.820 e. The van der Waals surface area contributed by atoms with Gasteiger partial charge in [0.15, 0.2) is 5.75 Å². The van der Waals surface area contributed by atoms with E-state index in [1.54, 1.807) is 0 Å².